The molecule has 4 heteroatoms. The van der Waals surface area contributed by atoms with Gasteiger partial charge in [-0.1, -0.05) is 29.8 Å². The molecule has 0 saturated carbocycles. The van der Waals surface area contributed by atoms with Crippen molar-refractivity contribution in [3.05, 3.63) is 58.6 Å². The Morgan fingerprint density at radius 1 is 1.10 bits per heavy atom. The Morgan fingerprint density at radius 2 is 1.90 bits per heavy atom. The lowest BCUT2D eigenvalue weighted by Crippen LogP contribution is -2.10. The second-order valence-electron chi connectivity index (χ2n) is 5.08. The molecule has 2 N–H and O–H groups in total. The number of rotatable bonds is 5. The van der Waals surface area contributed by atoms with Crippen LogP contribution in [-0.4, -0.2) is 24.1 Å². The van der Waals surface area contributed by atoms with E-state index in [1.165, 1.54) is 5.56 Å². The predicted octanol–water partition coefficient (Wildman–Crippen LogP) is 3.72. The van der Waals surface area contributed by atoms with Crippen LogP contribution in [0.2, 0.25) is 5.02 Å². The molecule has 20 heavy (non-hydrogen) atoms. The molecule has 0 unspecified atom stereocenters. The highest BCUT2D eigenvalue weighted by molar-refractivity contribution is 6.32. The van der Waals surface area contributed by atoms with E-state index in [1.54, 1.807) is 12.1 Å². The first-order chi connectivity index (χ1) is 9.54. The summed E-state index contributed by atoms with van der Waals surface area (Å²) in [6.07, 6.45) is 0. The van der Waals surface area contributed by atoms with Gasteiger partial charge in [-0.05, 0) is 49.5 Å². The van der Waals surface area contributed by atoms with Crippen molar-refractivity contribution in [3.8, 4) is 5.75 Å². The quantitative estimate of drug-likeness (QED) is 0.881. The van der Waals surface area contributed by atoms with E-state index in [1.807, 2.05) is 18.2 Å². The van der Waals surface area contributed by atoms with Gasteiger partial charge in [-0.25, -0.2) is 0 Å². The topological polar surface area (TPSA) is 35.5 Å². The van der Waals surface area contributed by atoms with Crippen molar-refractivity contribution in [2.24, 2.45) is 0 Å². The molecular formula is C16H19ClN2O. The van der Waals surface area contributed by atoms with Gasteiger partial charge in [-0.3, -0.25) is 0 Å². The lowest BCUT2D eigenvalue weighted by atomic mass is 10.1. The molecule has 106 valence electrons. The van der Waals surface area contributed by atoms with Crippen LogP contribution in [0.15, 0.2) is 42.5 Å². The zero-order valence-corrected chi connectivity index (χ0v) is 12.5. The largest absolute Gasteiger partial charge is 0.506 e. The second kappa shape index (κ2) is 6.64. The standard InChI is InChI=1S/C16H19ClN2O/c1-19(2)11-13-4-3-5-14(8-13)18-10-12-6-7-16(20)15(17)9-12/h3-9,18,20H,10-11H2,1-2H3. The summed E-state index contributed by atoms with van der Waals surface area (Å²) >= 11 is 5.89. The molecule has 0 amide bonds. The Balaban J connectivity index is 2.01. The van der Waals surface area contributed by atoms with E-state index >= 15 is 0 Å². The molecule has 0 fully saturated rings. The van der Waals surface area contributed by atoms with Crippen LogP contribution in [0.1, 0.15) is 11.1 Å². The van der Waals surface area contributed by atoms with E-state index in [4.69, 9.17) is 11.6 Å². The van der Waals surface area contributed by atoms with Gasteiger partial charge >= 0.3 is 0 Å². The SMILES string of the molecule is CN(C)Cc1cccc(NCc2ccc(O)c(Cl)c2)c1. The molecule has 2 rings (SSSR count). The highest BCUT2D eigenvalue weighted by Crippen LogP contribution is 2.24. The number of nitrogens with zero attached hydrogens (tertiary/aromatic N) is 1. The van der Waals surface area contributed by atoms with Crippen LogP contribution in [0.4, 0.5) is 5.69 Å². The number of halogens is 1. The van der Waals surface area contributed by atoms with Gasteiger partial charge in [0.05, 0.1) is 5.02 Å². The number of anilines is 1. The average molecular weight is 291 g/mol. The number of nitrogens with one attached hydrogen (secondary N) is 1. The van der Waals surface area contributed by atoms with Crippen LogP contribution < -0.4 is 5.32 Å². The number of phenols is 1. The van der Waals surface area contributed by atoms with Crippen LogP contribution in [0, 0.1) is 0 Å². The van der Waals surface area contributed by atoms with Crippen LogP contribution >= 0.6 is 11.6 Å². The second-order valence-corrected chi connectivity index (χ2v) is 5.48. The van der Waals surface area contributed by atoms with Gasteiger partial charge in [0.1, 0.15) is 5.75 Å². The first-order valence-corrected chi connectivity index (χ1v) is 6.87. The minimum Gasteiger partial charge on any atom is -0.506 e. The highest BCUT2D eigenvalue weighted by atomic mass is 35.5. The normalized spacial score (nSPS) is 10.8. The molecule has 2 aromatic rings. The maximum atomic E-state index is 9.39. The third-order valence-electron chi connectivity index (χ3n) is 2.93. The Bertz CT molecular complexity index is 584. The molecule has 0 radical (unpaired) electrons. The Kier molecular flexibility index (Phi) is 4.88. The van der Waals surface area contributed by atoms with Gasteiger partial charge in [-0.15, -0.1) is 0 Å². The molecule has 0 saturated heterocycles. The number of benzene rings is 2. The third-order valence-corrected chi connectivity index (χ3v) is 3.24. The van der Waals surface area contributed by atoms with E-state index < -0.39 is 0 Å². The molecular weight excluding hydrogens is 272 g/mol. The first-order valence-electron chi connectivity index (χ1n) is 6.49. The Hall–Kier alpha value is -1.71. The molecule has 3 nitrogen and oxygen atoms in total. The summed E-state index contributed by atoms with van der Waals surface area (Å²) in [6, 6.07) is 13.6. The Labute approximate surface area is 124 Å². The van der Waals surface area contributed by atoms with Crippen LogP contribution in [0.3, 0.4) is 0 Å². The molecule has 0 bridgehead atoms. The fraction of sp³-hybridized carbons (Fsp3) is 0.250. The summed E-state index contributed by atoms with van der Waals surface area (Å²) in [5.41, 5.74) is 3.38. The van der Waals surface area contributed by atoms with E-state index in [0.29, 0.717) is 11.6 Å². The minimum absolute atomic E-state index is 0.114. The van der Waals surface area contributed by atoms with Crippen molar-refractivity contribution >= 4 is 17.3 Å². The van der Waals surface area contributed by atoms with Gasteiger partial charge in [0, 0.05) is 18.8 Å². The first kappa shape index (κ1) is 14.7. The molecule has 0 spiro atoms. The van der Waals surface area contributed by atoms with Gasteiger partial charge in [0.15, 0.2) is 0 Å². The van der Waals surface area contributed by atoms with E-state index in [-0.39, 0.29) is 5.75 Å². The van der Waals surface area contributed by atoms with Crippen molar-refractivity contribution in [1.29, 1.82) is 0 Å². The van der Waals surface area contributed by atoms with Crippen molar-refractivity contribution in [2.75, 3.05) is 19.4 Å². The monoisotopic (exact) mass is 290 g/mol. The van der Waals surface area contributed by atoms with Crippen molar-refractivity contribution in [1.82, 2.24) is 4.90 Å². The smallest absolute Gasteiger partial charge is 0.134 e. The predicted molar refractivity (Wildman–Crippen MR) is 84.3 cm³/mol. The maximum Gasteiger partial charge on any atom is 0.134 e. The van der Waals surface area contributed by atoms with E-state index in [2.05, 4.69) is 36.4 Å². The summed E-state index contributed by atoms with van der Waals surface area (Å²) in [7, 11) is 4.11. The molecule has 0 atom stereocenters. The highest BCUT2D eigenvalue weighted by Gasteiger charge is 2.01. The zero-order chi connectivity index (χ0) is 14.5. The maximum absolute atomic E-state index is 9.39. The number of aromatic hydroxyl groups is 1. The number of phenolic OH excluding ortho intramolecular Hbond substituents is 1. The third kappa shape index (κ3) is 4.15. The summed E-state index contributed by atoms with van der Waals surface area (Å²) < 4.78 is 0. The molecule has 2 aromatic carbocycles. The summed E-state index contributed by atoms with van der Waals surface area (Å²) in [5, 5.41) is 13.1. The van der Waals surface area contributed by atoms with Gasteiger partial charge in [0.25, 0.3) is 0 Å². The van der Waals surface area contributed by atoms with E-state index in [9.17, 15) is 5.11 Å². The van der Waals surface area contributed by atoms with Crippen molar-refractivity contribution < 1.29 is 5.11 Å². The fourth-order valence-electron chi connectivity index (χ4n) is 2.01. The molecule has 0 aliphatic heterocycles. The van der Waals surface area contributed by atoms with Crippen molar-refractivity contribution in [3.63, 3.8) is 0 Å². The lowest BCUT2D eigenvalue weighted by molar-refractivity contribution is 0.402. The van der Waals surface area contributed by atoms with Gasteiger partial charge in [0.2, 0.25) is 0 Å². The van der Waals surface area contributed by atoms with Crippen LogP contribution in [-0.2, 0) is 13.1 Å². The van der Waals surface area contributed by atoms with Crippen molar-refractivity contribution in [2.45, 2.75) is 13.1 Å². The average Bonchev–Trinajstić information content (AvgIpc) is 2.40. The zero-order valence-electron chi connectivity index (χ0n) is 11.7. The Morgan fingerprint density at radius 3 is 2.60 bits per heavy atom. The number of hydrogen-bond acceptors (Lipinski definition) is 3. The number of hydrogen-bond donors (Lipinski definition) is 2. The summed E-state index contributed by atoms with van der Waals surface area (Å²) in [4.78, 5) is 2.14. The molecule has 0 heterocycles. The summed E-state index contributed by atoms with van der Waals surface area (Å²) in [6.45, 7) is 1.59. The fourth-order valence-corrected chi connectivity index (χ4v) is 2.21. The minimum atomic E-state index is 0.114. The molecule has 0 aliphatic carbocycles. The molecule has 0 aromatic heterocycles. The van der Waals surface area contributed by atoms with Gasteiger partial charge < -0.3 is 15.3 Å². The lowest BCUT2D eigenvalue weighted by Gasteiger charge is -2.12. The van der Waals surface area contributed by atoms with Gasteiger partial charge in [-0.2, -0.15) is 0 Å². The van der Waals surface area contributed by atoms with Crippen LogP contribution in [0.5, 0.6) is 5.75 Å². The van der Waals surface area contributed by atoms with Crippen LogP contribution in [0.25, 0.3) is 0 Å². The molecule has 0 aliphatic rings. The van der Waals surface area contributed by atoms with E-state index in [0.717, 1.165) is 17.8 Å². The summed E-state index contributed by atoms with van der Waals surface area (Å²) in [5.74, 6) is 0.114.